The maximum absolute atomic E-state index is 13.7. The summed E-state index contributed by atoms with van der Waals surface area (Å²) in [4.78, 5) is 8.40. The number of hydrogen-bond acceptors (Lipinski definition) is 5. The highest BCUT2D eigenvalue weighted by Gasteiger charge is 2.17. The van der Waals surface area contributed by atoms with E-state index < -0.39 is 5.82 Å². The largest absolute Gasteiger partial charge is 0.494 e. The average molecular weight is 294 g/mol. The van der Waals surface area contributed by atoms with Gasteiger partial charge in [0.25, 0.3) is 0 Å². The van der Waals surface area contributed by atoms with Crippen molar-refractivity contribution in [1.29, 1.82) is 0 Å². The Labute approximate surface area is 120 Å². The molecule has 2 aromatic rings. The Morgan fingerprint density at radius 2 is 2.35 bits per heavy atom. The summed E-state index contributed by atoms with van der Waals surface area (Å²) in [6.45, 7) is 0.842. The normalized spacial score (nSPS) is 18.6. The van der Waals surface area contributed by atoms with Gasteiger partial charge in [-0.3, -0.25) is 0 Å². The molecule has 0 aliphatic carbocycles. The van der Waals surface area contributed by atoms with Gasteiger partial charge in [-0.05, 0) is 18.9 Å². The minimum atomic E-state index is -0.409. The van der Waals surface area contributed by atoms with E-state index in [0.717, 1.165) is 35.6 Å². The molecule has 0 amide bonds. The fraction of sp³-hybridized carbons (Fsp3) is 0.429. The molecule has 1 fully saturated rings. The minimum absolute atomic E-state index is 0.214. The number of methoxy groups -OCH3 is 1. The van der Waals surface area contributed by atoms with Crippen LogP contribution in [0.15, 0.2) is 23.5 Å². The third kappa shape index (κ3) is 2.71. The van der Waals surface area contributed by atoms with Crippen molar-refractivity contribution in [2.75, 3.05) is 19.5 Å². The Kier molecular flexibility index (Phi) is 4.03. The summed E-state index contributed by atoms with van der Waals surface area (Å²) in [6, 6.07) is 3.04. The molecule has 1 aromatic carbocycles. The first-order valence-electron chi connectivity index (χ1n) is 6.50. The van der Waals surface area contributed by atoms with Crippen molar-refractivity contribution in [2.24, 2.45) is 0 Å². The fourth-order valence-corrected chi connectivity index (χ4v) is 3.30. The van der Waals surface area contributed by atoms with Gasteiger partial charge in [0.05, 0.1) is 18.7 Å². The molecule has 106 valence electrons. The molecular formula is C14H15FN2O2S. The van der Waals surface area contributed by atoms with Gasteiger partial charge in [0.15, 0.2) is 11.6 Å². The fourth-order valence-electron chi connectivity index (χ4n) is 2.25. The molecule has 1 atom stereocenters. The van der Waals surface area contributed by atoms with Crippen molar-refractivity contribution in [3.63, 3.8) is 0 Å². The van der Waals surface area contributed by atoms with Crippen molar-refractivity contribution < 1.29 is 13.9 Å². The zero-order valence-corrected chi connectivity index (χ0v) is 12.0. The van der Waals surface area contributed by atoms with Crippen LogP contribution >= 0.6 is 11.8 Å². The molecule has 0 radical (unpaired) electrons. The van der Waals surface area contributed by atoms with Crippen molar-refractivity contribution in [3.05, 3.63) is 24.3 Å². The van der Waals surface area contributed by atoms with E-state index >= 15 is 0 Å². The van der Waals surface area contributed by atoms with Gasteiger partial charge < -0.3 is 9.47 Å². The Balaban J connectivity index is 1.89. The molecule has 2 heterocycles. The standard InChI is InChI=1S/C14H15FN2O2S/c1-18-13-5-10-12(6-11(13)15)16-8-17-14(10)20-7-9-3-2-4-19-9/h5-6,8-9H,2-4,7H2,1H3/t9-/m0/s1. The molecule has 20 heavy (non-hydrogen) atoms. The molecule has 1 aliphatic heterocycles. The first-order valence-corrected chi connectivity index (χ1v) is 7.49. The third-order valence-corrected chi connectivity index (χ3v) is 4.44. The summed E-state index contributed by atoms with van der Waals surface area (Å²) >= 11 is 1.62. The van der Waals surface area contributed by atoms with E-state index in [1.54, 1.807) is 17.8 Å². The van der Waals surface area contributed by atoms with Crippen LogP contribution in [-0.4, -0.2) is 35.5 Å². The van der Waals surface area contributed by atoms with Crippen molar-refractivity contribution >= 4 is 22.7 Å². The van der Waals surface area contributed by atoms with E-state index in [4.69, 9.17) is 9.47 Å². The number of aromatic nitrogens is 2. The molecule has 0 spiro atoms. The topological polar surface area (TPSA) is 44.2 Å². The molecule has 0 unspecified atom stereocenters. The predicted molar refractivity (Wildman–Crippen MR) is 75.7 cm³/mol. The number of halogens is 1. The molecule has 0 bridgehead atoms. The van der Waals surface area contributed by atoms with Crippen LogP contribution in [0.4, 0.5) is 4.39 Å². The van der Waals surface area contributed by atoms with Crippen LogP contribution in [0, 0.1) is 5.82 Å². The molecular weight excluding hydrogens is 279 g/mol. The number of rotatable bonds is 4. The van der Waals surface area contributed by atoms with Crippen molar-refractivity contribution in [1.82, 2.24) is 9.97 Å². The van der Waals surface area contributed by atoms with Gasteiger partial charge in [0, 0.05) is 23.8 Å². The molecule has 0 N–H and O–H groups in total. The van der Waals surface area contributed by atoms with E-state index in [-0.39, 0.29) is 11.9 Å². The lowest BCUT2D eigenvalue weighted by atomic mass is 10.2. The maximum Gasteiger partial charge on any atom is 0.167 e. The summed E-state index contributed by atoms with van der Waals surface area (Å²) in [5.41, 5.74) is 0.591. The van der Waals surface area contributed by atoms with E-state index in [2.05, 4.69) is 9.97 Å². The minimum Gasteiger partial charge on any atom is -0.494 e. The Bertz CT molecular complexity index is 617. The highest BCUT2D eigenvalue weighted by molar-refractivity contribution is 7.99. The van der Waals surface area contributed by atoms with Crippen LogP contribution in [0.3, 0.4) is 0 Å². The molecule has 4 nitrogen and oxygen atoms in total. The second-order valence-electron chi connectivity index (χ2n) is 4.63. The highest BCUT2D eigenvalue weighted by atomic mass is 32.2. The predicted octanol–water partition coefficient (Wildman–Crippen LogP) is 3.05. The van der Waals surface area contributed by atoms with Crippen molar-refractivity contribution in [3.8, 4) is 5.75 Å². The van der Waals surface area contributed by atoms with Gasteiger partial charge in [-0.1, -0.05) is 0 Å². The molecule has 1 saturated heterocycles. The Morgan fingerprint density at radius 1 is 1.45 bits per heavy atom. The Morgan fingerprint density at radius 3 is 3.10 bits per heavy atom. The lowest BCUT2D eigenvalue weighted by molar-refractivity contribution is 0.129. The third-order valence-electron chi connectivity index (χ3n) is 3.30. The molecule has 6 heteroatoms. The smallest absolute Gasteiger partial charge is 0.167 e. The van der Waals surface area contributed by atoms with E-state index in [0.29, 0.717) is 5.52 Å². The molecule has 0 saturated carbocycles. The van der Waals surface area contributed by atoms with Gasteiger partial charge in [-0.25, -0.2) is 14.4 Å². The maximum atomic E-state index is 13.7. The van der Waals surface area contributed by atoms with Crippen LogP contribution in [-0.2, 0) is 4.74 Å². The van der Waals surface area contributed by atoms with Gasteiger partial charge in [0.2, 0.25) is 0 Å². The molecule has 1 aliphatic rings. The average Bonchev–Trinajstić information content (AvgIpc) is 2.97. The number of nitrogens with zero attached hydrogens (tertiary/aromatic N) is 2. The molecule has 3 rings (SSSR count). The number of ether oxygens (including phenoxy) is 2. The highest BCUT2D eigenvalue weighted by Crippen LogP contribution is 2.31. The first kappa shape index (κ1) is 13.6. The van der Waals surface area contributed by atoms with Gasteiger partial charge in [0.1, 0.15) is 11.4 Å². The van der Waals surface area contributed by atoms with E-state index in [9.17, 15) is 4.39 Å². The van der Waals surface area contributed by atoms with Gasteiger partial charge in [-0.15, -0.1) is 11.8 Å². The summed E-state index contributed by atoms with van der Waals surface area (Å²) in [5.74, 6) is 0.659. The lowest BCUT2D eigenvalue weighted by Gasteiger charge is -2.10. The lowest BCUT2D eigenvalue weighted by Crippen LogP contribution is -2.08. The van der Waals surface area contributed by atoms with Gasteiger partial charge >= 0.3 is 0 Å². The number of fused-ring (bicyclic) bond motifs is 1. The number of benzene rings is 1. The summed E-state index contributed by atoms with van der Waals surface area (Å²) in [7, 11) is 1.45. The zero-order chi connectivity index (χ0) is 13.9. The monoisotopic (exact) mass is 294 g/mol. The molecule has 1 aromatic heterocycles. The number of hydrogen-bond donors (Lipinski definition) is 0. The zero-order valence-electron chi connectivity index (χ0n) is 11.1. The van der Waals surface area contributed by atoms with E-state index in [1.807, 2.05) is 0 Å². The van der Waals surface area contributed by atoms with E-state index in [1.165, 1.54) is 19.5 Å². The van der Waals surface area contributed by atoms with Crippen LogP contribution in [0.2, 0.25) is 0 Å². The van der Waals surface area contributed by atoms with Crippen LogP contribution in [0.1, 0.15) is 12.8 Å². The second-order valence-corrected chi connectivity index (χ2v) is 5.64. The quantitative estimate of drug-likeness (QED) is 0.640. The Hall–Kier alpha value is -1.40. The van der Waals surface area contributed by atoms with Crippen LogP contribution in [0.25, 0.3) is 10.9 Å². The van der Waals surface area contributed by atoms with Crippen LogP contribution in [0.5, 0.6) is 5.75 Å². The number of thioether (sulfide) groups is 1. The summed E-state index contributed by atoms with van der Waals surface area (Å²) in [5, 5.41) is 1.65. The second kappa shape index (κ2) is 5.93. The summed E-state index contributed by atoms with van der Waals surface area (Å²) < 4.78 is 24.3. The van der Waals surface area contributed by atoms with Gasteiger partial charge in [-0.2, -0.15) is 0 Å². The van der Waals surface area contributed by atoms with Crippen LogP contribution < -0.4 is 4.74 Å². The SMILES string of the molecule is COc1cc2c(SC[C@@H]3CCCO3)ncnc2cc1F. The van der Waals surface area contributed by atoms with Crippen molar-refractivity contribution in [2.45, 2.75) is 24.0 Å². The first-order chi connectivity index (χ1) is 9.78. The summed E-state index contributed by atoms with van der Waals surface area (Å²) in [6.07, 6.45) is 3.96.